The lowest BCUT2D eigenvalue weighted by atomic mass is 10.2. The summed E-state index contributed by atoms with van der Waals surface area (Å²) in [6.45, 7) is 3.90. The van der Waals surface area contributed by atoms with Gasteiger partial charge in [-0.1, -0.05) is 30.3 Å². The summed E-state index contributed by atoms with van der Waals surface area (Å²) in [4.78, 5) is 24.2. The lowest BCUT2D eigenvalue weighted by Gasteiger charge is -2.35. The normalized spacial score (nSPS) is 15.6. The van der Waals surface area contributed by atoms with Crippen LogP contribution in [0.25, 0.3) is 0 Å². The molecule has 3 aromatic rings. The van der Waals surface area contributed by atoms with Crippen molar-refractivity contribution in [3.63, 3.8) is 0 Å². The Labute approximate surface area is 184 Å². The van der Waals surface area contributed by atoms with Gasteiger partial charge in [-0.05, 0) is 17.7 Å². The number of fused-ring (bicyclic) bond motifs is 1. The number of hydrogen-bond donors (Lipinski definition) is 1. The van der Waals surface area contributed by atoms with E-state index in [1.165, 1.54) is 11.9 Å². The van der Waals surface area contributed by atoms with Crippen LogP contribution in [-0.4, -0.2) is 52.8 Å². The molecule has 0 spiro atoms. The van der Waals surface area contributed by atoms with Gasteiger partial charge in [0, 0.05) is 44.5 Å². The third kappa shape index (κ3) is 4.12. The van der Waals surface area contributed by atoms with Crippen molar-refractivity contribution in [2.75, 3.05) is 43.2 Å². The van der Waals surface area contributed by atoms with Crippen LogP contribution in [0.4, 0.5) is 23.0 Å². The van der Waals surface area contributed by atoms with Gasteiger partial charge in [0.25, 0.3) is 0 Å². The first-order valence-electron chi connectivity index (χ1n) is 10.3. The first kappa shape index (κ1) is 20.0. The van der Waals surface area contributed by atoms with Crippen LogP contribution in [-0.2, 0) is 6.54 Å². The summed E-state index contributed by atoms with van der Waals surface area (Å²) in [5.41, 5.74) is 1.74. The van der Waals surface area contributed by atoms with Gasteiger partial charge in [-0.25, -0.2) is 9.97 Å². The second-order valence-electron chi connectivity index (χ2n) is 7.59. The van der Waals surface area contributed by atoms with Crippen LogP contribution < -0.4 is 19.7 Å². The van der Waals surface area contributed by atoms with Gasteiger partial charge in [-0.15, -0.1) is 0 Å². The summed E-state index contributed by atoms with van der Waals surface area (Å²) in [7, 11) is 0. The van der Waals surface area contributed by atoms with Crippen LogP contribution in [0, 0.1) is 10.1 Å². The number of anilines is 3. The van der Waals surface area contributed by atoms with Crippen molar-refractivity contribution in [2.45, 2.75) is 6.54 Å². The number of nitrogens with zero attached hydrogens (tertiary/aromatic N) is 5. The minimum Gasteiger partial charge on any atom is -0.454 e. The highest BCUT2D eigenvalue weighted by Crippen LogP contribution is 2.38. The van der Waals surface area contributed by atoms with Crippen molar-refractivity contribution >= 4 is 23.0 Å². The molecule has 0 saturated carbocycles. The molecule has 0 aliphatic carbocycles. The second kappa shape index (κ2) is 8.67. The second-order valence-corrected chi connectivity index (χ2v) is 7.59. The molecular weight excluding hydrogens is 412 g/mol. The van der Waals surface area contributed by atoms with Gasteiger partial charge in [0.2, 0.25) is 18.4 Å². The van der Waals surface area contributed by atoms with Crippen LogP contribution in [0.1, 0.15) is 5.56 Å². The number of benzene rings is 2. The minimum absolute atomic E-state index is 0.137. The number of rotatable bonds is 6. The Kier molecular flexibility index (Phi) is 5.42. The van der Waals surface area contributed by atoms with Crippen LogP contribution in [0.2, 0.25) is 0 Å². The zero-order valence-electron chi connectivity index (χ0n) is 17.3. The highest BCUT2D eigenvalue weighted by Gasteiger charge is 2.29. The molecule has 10 nitrogen and oxygen atoms in total. The average Bonchev–Trinajstić information content (AvgIpc) is 3.28. The van der Waals surface area contributed by atoms with Gasteiger partial charge in [0.1, 0.15) is 6.33 Å². The molecule has 2 aliphatic rings. The minimum atomic E-state index is -0.430. The largest absolute Gasteiger partial charge is 0.454 e. The highest BCUT2D eigenvalue weighted by atomic mass is 16.7. The molecule has 0 amide bonds. The third-order valence-corrected chi connectivity index (χ3v) is 5.54. The molecule has 1 N–H and O–H groups in total. The number of aromatic nitrogens is 2. The maximum Gasteiger partial charge on any atom is 0.353 e. The van der Waals surface area contributed by atoms with Crippen molar-refractivity contribution in [3.8, 4) is 11.5 Å². The summed E-state index contributed by atoms with van der Waals surface area (Å²) in [6, 6.07) is 15.5. The molecule has 0 atom stereocenters. The molecule has 1 saturated heterocycles. The molecule has 10 heteroatoms. The molecule has 164 valence electrons. The zero-order valence-corrected chi connectivity index (χ0v) is 17.3. The number of ether oxygens (including phenoxy) is 2. The maximum atomic E-state index is 12.0. The van der Waals surface area contributed by atoms with E-state index in [0.29, 0.717) is 36.1 Å². The molecule has 0 bridgehead atoms. The van der Waals surface area contributed by atoms with E-state index in [-0.39, 0.29) is 18.3 Å². The SMILES string of the molecule is O=[N+]([O-])c1c(Nc2ccc3c(c2)OCO3)ncnc1N1CCN(Cc2ccccc2)CC1. The van der Waals surface area contributed by atoms with Gasteiger partial charge in [-0.2, -0.15) is 0 Å². The van der Waals surface area contributed by atoms with E-state index in [1.807, 2.05) is 23.1 Å². The van der Waals surface area contributed by atoms with Crippen molar-refractivity contribution in [1.29, 1.82) is 0 Å². The van der Waals surface area contributed by atoms with E-state index >= 15 is 0 Å². The fraction of sp³-hybridized carbons (Fsp3) is 0.273. The Hall–Kier alpha value is -3.92. The Morgan fingerprint density at radius 1 is 1.00 bits per heavy atom. The predicted octanol–water partition coefficient (Wildman–Crippen LogP) is 3.18. The van der Waals surface area contributed by atoms with Crippen LogP contribution >= 0.6 is 0 Å². The van der Waals surface area contributed by atoms with Crippen LogP contribution in [0.3, 0.4) is 0 Å². The smallest absolute Gasteiger partial charge is 0.353 e. The van der Waals surface area contributed by atoms with Gasteiger partial charge in [-0.3, -0.25) is 15.0 Å². The summed E-state index contributed by atoms with van der Waals surface area (Å²) >= 11 is 0. The molecule has 2 aliphatic heterocycles. The molecule has 1 aromatic heterocycles. The highest BCUT2D eigenvalue weighted by molar-refractivity contribution is 5.75. The van der Waals surface area contributed by atoms with Crippen molar-refractivity contribution < 1.29 is 14.4 Å². The fourth-order valence-corrected chi connectivity index (χ4v) is 3.93. The molecule has 0 unspecified atom stereocenters. The number of nitrogens with one attached hydrogen (secondary N) is 1. The Bertz CT molecular complexity index is 1120. The number of nitro groups is 1. The standard InChI is InChI=1S/C22H22N6O4/c29-28(30)20-21(25-17-6-7-18-19(12-17)32-15-31-18)23-14-24-22(20)27-10-8-26(9-11-27)13-16-4-2-1-3-5-16/h1-7,12,14H,8-11,13,15H2,(H,23,24,25). The van der Waals surface area contributed by atoms with Crippen molar-refractivity contribution in [3.05, 3.63) is 70.5 Å². The fourth-order valence-electron chi connectivity index (χ4n) is 3.93. The first-order valence-corrected chi connectivity index (χ1v) is 10.3. The molecule has 3 heterocycles. The maximum absolute atomic E-state index is 12.0. The third-order valence-electron chi connectivity index (χ3n) is 5.54. The Morgan fingerprint density at radius 2 is 1.78 bits per heavy atom. The number of hydrogen-bond acceptors (Lipinski definition) is 9. The van der Waals surface area contributed by atoms with Gasteiger partial charge < -0.3 is 19.7 Å². The Morgan fingerprint density at radius 3 is 2.56 bits per heavy atom. The van der Waals surface area contributed by atoms with E-state index in [1.54, 1.807) is 18.2 Å². The summed E-state index contributed by atoms with van der Waals surface area (Å²) in [6.07, 6.45) is 1.36. The van der Waals surface area contributed by atoms with Gasteiger partial charge in [0.05, 0.1) is 4.92 Å². The van der Waals surface area contributed by atoms with Crippen molar-refractivity contribution in [2.24, 2.45) is 0 Å². The monoisotopic (exact) mass is 434 g/mol. The van der Waals surface area contributed by atoms with Crippen LogP contribution in [0.15, 0.2) is 54.9 Å². The van der Waals surface area contributed by atoms with Gasteiger partial charge >= 0.3 is 5.69 Å². The quantitative estimate of drug-likeness (QED) is 0.462. The van der Waals surface area contributed by atoms with Gasteiger partial charge in [0.15, 0.2) is 11.5 Å². The topological polar surface area (TPSA) is 106 Å². The zero-order chi connectivity index (χ0) is 21.9. The lowest BCUT2D eigenvalue weighted by molar-refractivity contribution is -0.383. The van der Waals surface area contributed by atoms with Crippen molar-refractivity contribution in [1.82, 2.24) is 14.9 Å². The summed E-state index contributed by atoms with van der Waals surface area (Å²) in [5.74, 6) is 1.70. The summed E-state index contributed by atoms with van der Waals surface area (Å²) in [5, 5.41) is 15.0. The first-order chi connectivity index (χ1) is 15.7. The van der Waals surface area contributed by atoms with E-state index in [0.717, 1.165) is 19.6 Å². The lowest BCUT2D eigenvalue weighted by Crippen LogP contribution is -2.46. The molecule has 0 radical (unpaired) electrons. The van der Waals surface area contributed by atoms with E-state index < -0.39 is 4.92 Å². The molecule has 5 rings (SSSR count). The Balaban J connectivity index is 1.33. The molecule has 2 aromatic carbocycles. The average molecular weight is 434 g/mol. The molecular formula is C22H22N6O4. The van der Waals surface area contributed by atoms with E-state index in [9.17, 15) is 10.1 Å². The molecule has 1 fully saturated rings. The number of piperazine rings is 1. The summed E-state index contributed by atoms with van der Waals surface area (Å²) < 4.78 is 10.7. The van der Waals surface area contributed by atoms with E-state index in [2.05, 4.69) is 32.3 Å². The molecule has 32 heavy (non-hydrogen) atoms. The van der Waals surface area contributed by atoms with Crippen LogP contribution in [0.5, 0.6) is 11.5 Å². The predicted molar refractivity (Wildman–Crippen MR) is 118 cm³/mol. The van der Waals surface area contributed by atoms with E-state index in [4.69, 9.17) is 9.47 Å².